The van der Waals surface area contributed by atoms with E-state index in [2.05, 4.69) is 10.0 Å². The van der Waals surface area contributed by atoms with Crippen LogP contribution in [0.25, 0.3) is 0 Å². The van der Waals surface area contributed by atoms with Gasteiger partial charge in [0.05, 0.1) is 31.7 Å². The molecule has 35 heavy (non-hydrogen) atoms. The van der Waals surface area contributed by atoms with Crippen molar-refractivity contribution in [3.63, 3.8) is 0 Å². The second kappa shape index (κ2) is 10.2. The maximum Gasteiger partial charge on any atom is 0.289 e. The van der Waals surface area contributed by atoms with Gasteiger partial charge < -0.3 is 5.32 Å². The Morgan fingerprint density at radius 1 is 0.943 bits per heavy atom. The van der Waals surface area contributed by atoms with Crippen molar-refractivity contribution in [2.24, 2.45) is 0 Å². The minimum absolute atomic E-state index is 0.0818. The Hall–Kier alpha value is -3.19. The van der Waals surface area contributed by atoms with Gasteiger partial charge in [-0.3, -0.25) is 19.6 Å². The number of carbonyl (C=O) groups is 1. The average Bonchev–Trinajstić information content (AvgIpc) is 2.80. The van der Waals surface area contributed by atoms with Crippen LogP contribution < -0.4 is 10.0 Å². The van der Waals surface area contributed by atoms with Crippen molar-refractivity contribution in [2.75, 3.05) is 15.8 Å². The normalized spacial score (nSPS) is 11.6. The Morgan fingerprint density at radius 2 is 1.57 bits per heavy atom. The van der Waals surface area contributed by atoms with Crippen molar-refractivity contribution < 1.29 is 26.6 Å². The zero-order valence-electron chi connectivity index (χ0n) is 17.9. The van der Waals surface area contributed by atoms with Gasteiger partial charge in [0, 0.05) is 16.8 Å². The molecule has 14 heteroatoms. The molecule has 0 heterocycles. The van der Waals surface area contributed by atoms with Gasteiger partial charge in [-0.15, -0.1) is 0 Å². The zero-order valence-corrected chi connectivity index (χ0v) is 21.0. The summed E-state index contributed by atoms with van der Waals surface area (Å²) in [7, 11) is -7.78. The Balaban J connectivity index is 1.91. The number of sulfonamides is 1. The molecule has 10 nitrogen and oxygen atoms in total. The molecule has 0 aliphatic heterocycles. The summed E-state index contributed by atoms with van der Waals surface area (Å²) in [6.07, 6.45) is 0. The van der Waals surface area contributed by atoms with Crippen LogP contribution in [-0.2, 0) is 19.9 Å². The molecule has 0 bridgehead atoms. The number of nitro groups is 1. The van der Waals surface area contributed by atoms with Gasteiger partial charge in [-0.2, -0.15) is 0 Å². The molecule has 0 saturated carbocycles. The molecular weight excluding hydrogens is 541 g/mol. The molecule has 0 fully saturated rings. The highest BCUT2D eigenvalue weighted by molar-refractivity contribution is 7.92. The Labute approximate surface area is 211 Å². The van der Waals surface area contributed by atoms with Crippen LogP contribution in [0.5, 0.6) is 0 Å². The maximum atomic E-state index is 12.9. The van der Waals surface area contributed by atoms with Crippen molar-refractivity contribution in [3.05, 3.63) is 86.4 Å². The Kier molecular flexibility index (Phi) is 7.70. The lowest BCUT2D eigenvalue weighted by molar-refractivity contribution is -0.384. The van der Waals surface area contributed by atoms with E-state index in [1.165, 1.54) is 49.4 Å². The second-order valence-corrected chi connectivity index (χ2v) is 11.9. The number of halogens is 2. The van der Waals surface area contributed by atoms with Crippen molar-refractivity contribution >= 4 is 66.0 Å². The first kappa shape index (κ1) is 26.4. The number of hydrogen-bond acceptors (Lipinski definition) is 7. The van der Waals surface area contributed by atoms with Gasteiger partial charge in [0.2, 0.25) is 0 Å². The third kappa shape index (κ3) is 6.09. The van der Waals surface area contributed by atoms with Gasteiger partial charge in [0.15, 0.2) is 9.84 Å². The molecule has 3 aromatic carbocycles. The summed E-state index contributed by atoms with van der Waals surface area (Å²) in [5.74, 6) is -0.819. The molecule has 3 aromatic rings. The molecule has 2 N–H and O–H groups in total. The standard InChI is InChI=1S/C21H17Cl2N3O7S2/c1-2-34(30,31)15-6-4-14(5-7-15)24-21(27)17-11-13(22)3-10-19(17)25-35(32,33)16-8-9-18(23)20(12-16)26(28)29/h3-12,25H,2H2,1H3,(H,24,27). The molecule has 0 radical (unpaired) electrons. The summed E-state index contributed by atoms with van der Waals surface area (Å²) < 4.78 is 51.9. The number of carbonyl (C=O) groups excluding carboxylic acids is 1. The summed E-state index contributed by atoms with van der Waals surface area (Å²) >= 11 is 11.7. The summed E-state index contributed by atoms with van der Waals surface area (Å²) in [6, 6.07) is 12.3. The lowest BCUT2D eigenvalue weighted by Crippen LogP contribution is -2.19. The quantitative estimate of drug-likeness (QED) is 0.299. The molecule has 0 aliphatic rings. The second-order valence-electron chi connectivity index (χ2n) is 7.05. The van der Waals surface area contributed by atoms with Crippen LogP contribution in [0.4, 0.5) is 17.1 Å². The highest BCUT2D eigenvalue weighted by Crippen LogP contribution is 2.30. The molecule has 0 unspecified atom stereocenters. The third-order valence-electron chi connectivity index (χ3n) is 4.75. The van der Waals surface area contributed by atoms with Crippen LogP contribution in [-0.4, -0.2) is 33.4 Å². The first-order valence-electron chi connectivity index (χ1n) is 9.74. The van der Waals surface area contributed by atoms with Crippen LogP contribution in [0.1, 0.15) is 17.3 Å². The predicted molar refractivity (Wildman–Crippen MR) is 132 cm³/mol. The number of nitrogens with one attached hydrogen (secondary N) is 2. The van der Waals surface area contributed by atoms with E-state index in [0.717, 1.165) is 18.2 Å². The highest BCUT2D eigenvalue weighted by atomic mass is 35.5. The molecule has 0 aromatic heterocycles. The van der Waals surface area contributed by atoms with Gasteiger partial charge in [0.25, 0.3) is 21.6 Å². The van der Waals surface area contributed by atoms with E-state index in [4.69, 9.17) is 23.2 Å². The van der Waals surface area contributed by atoms with E-state index >= 15 is 0 Å². The van der Waals surface area contributed by atoms with Crippen molar-refractivity contribution in [1.29, 1.82) is 0 Å². The lowest BCUT2D eigenvalue weighted by Gasteiger charge is -2.14. The van der Waals surface area contributed by atoms with Crippen LogP contribution in [0, 0.1) is 10.1 Å². The predicted octanol–water partition coefficient (Wildman–Crippen LogP) is 4.75. The molecule has 0 atom stereocenters. The number of amides is 1. The molecule has 0 saturated heterocycles. The van der Waals surface area contributed by atoms with Crippen molar-refractivity contribution in [3.8, 4) is 0 Å². The molecule has 0 aliphatic carbocycles. The molecule has 1 amide bonds. The zero-order chi connectivity index (χ0) is 26.0. The van der Waals surface area contributed by atoms with E-state index in [0.29, 0.717) is 0 Å². The smallest absolute Gasteiger partial charge is 0.289 e. The fourth-order valence-corrected chi connectivity index (χ4v) is 5.25. The van der Waals surface area contributed by atoms with E-state index in [-0.39, 0.29) is 37.6 Å². The number of anilines is 2. The maximum absolute atomic E-state index is 12.9. The number of sulfone groups is 1. The first-order valence-corrected chi connectivity index (χ1v) is 13.6. The van der Waals surface area contributed by atoms with Gasteiger partial charge in [0.1, 0.15) is 5.02 Å². The van der Waals surface area contributed by atoms with Crippen LogP contribution in [0.2, 0.25) is 10.0 Å². The SMILES string of the molecule is CCS(=O)(=O)c1ccc(NC(=O)c2cc(Cl)ccc2NS(=O)(=O)c2ccc(Cl)c([N+](=O)[O-])c2)cc1. The molecule has 0 spiro atoms. The molecular formula is C21H17Cl2N3O7S2. The largest absolute Gasteiger partial charge is 0.322 e. The Bertz CT molecular complexity index is 1520. The van der Waals surface area contributed by atoms with E-state index < -0.39 is 41.3 Å². The van der Waals surface area contributed by atoms with Crippen LogP contribution in [0.3, 0.4) is 0 Å². The third-order valence-corrected chi connectivity index (χ3v) is 8.41. The number of nitrogens with zero attached hydrogens (tertiary/aromatic N) is 1. The summed E-state index contributed by atoms with van der Waals surface area (Å²) in [5.41, 5.74) is -0.631. The van der Waals surface area contributed by atoms with E-state index in [1.807, 2.05) is 0 Å². The minimum Gasteiger partial charge on any atom is -0.322 e. The number of benzene rings is 3. The van der Waals surface area contributed by atoms with Gasteiger partial charge in [-0.1, -0.05) is 30.1 Å². The van der Waals surface area contributed by atoms with Crippen LogP contribution >= 0.6 is 23.2 Å². The van der Waals surface area contributed by atoms with Crippen molar-refractivity contribution in [2.45, 2.75) is 16.7 Å². The number of rotatable bonds is 8. The van der Waals surface area contributed by atoms with Crippen LogP contribution in [0.15, 0.2) is 70.5 Å². The Morgan fingerprint density at radius 3 is 2.17 bits per heavy atom. The number of hydrogen-bond donors (Lipinski definition) is 2. The minimum atomic E-state index is -4.36. The van der Waals surface area contributed by atoms with E-state index in [9.17, 15) is 31.7 Å². The van der Waals surface area contributed by atoms with Gasteiger partial charge in [-0.25, -0.2) is 16.8 Å². The van der Waals surface area contributed by atoms with Gasteiger partial charge >= 0.3 is 0 Å². The first-order chi connectivity index (χ1) is 16.3. The fourth-order valence-electron chi connectivity index (χ4n) is 2.91. The monoisotopic (exact) mass is 557 g/mol. The fraction of sp³-hybridized carbons (Fsp3) is 0.0952. The van der Waals surface area contributed by atoms with E-state index in [1.54, 1.807) is 0 Å². The summed E-state index contributed by atoms with van der Waals surface area (Å²) in [5, 5.41) is 13.6. The summed E-state index contributed by atoms with van der Waals surface area (Å²) in [4.78, 5) is 22.8. The average molecular weight is 558 g/mol. The lowest BCUT2D eigenvalue weighted by atomic mass is 10.1. The van der Waals surface area contributed by atoms with Crippen molar-refractivity contribution in [1.82, 2.24) is 0 Å². The molecule has 184 valence electrons. The van der Waals surface area contributed by atoms with Gasteiger partial charge in [-0.05, 0) is 54.6 Å². The highest BCUT2D eigenvalue weighted by Gasteiger charge is 2.23. The topological polar surface area (TPSA) is 153 Å². The molecule has 3 rings (SSSR count). The number of nitro benzene ring substituents is 1. The summed E-state index contributed by atoms with van der Waals surface area (Å²) in [6.45, 7) is 1.51.